The molecule has 0 saturated heterocycles. The quantitative estimate of drug-likeness (QED) is 0.587. The molecule has 0 aromatic heterocycles. The van der Waals surface area contributed by atoms with Gasteiger partial charge < -0.3 is 20.5 Å². The summed E-state index contributed by atoms with van der Waals surface area (Å²) in [4.78, 5) is 23.2. The van der Waals surface area contributed by atoms with E-state index in [0.717, 1.165) is 0 Å². The molecular formula is C15H22N2O4. The molecule has 3 N–H and O–H groups in total. The Labute approximate surface area is 124 Å². The fourth-order valence-corrected chi connectivity index (χ4v) is 1.53. The van der Waals surface area contributed by atoms with Crippen molar-refractivity contribution in [3.8, 4) is 5.75 Å². The van der Waals surface area contributed by atoms with E-state index in [0.29, 0.717) is 11.4 Å². The number of benzene rings is 1. The molecule has 0 saturated carbocycles. The topological polar surface area (TPSA) is 90.6 Å². The SMILES string of the molecule is CC(C)NC(=O)C(C)OC(=O)CCOc1ccc(N)cc1. The predicted octanol–water partition coefficient (Wildman–Crippen LogP) is 1.49. The van der Waals surface area contributed by atoms with Crippen LogP contribution in [0.25, 0.3) is 0 Å². The maximum Gasteiger partial charge on any atom is 0.310 e. The number of ether oxygens (including phenoxy) is 2. The first-order chi connectivity index (χ1) is 9.88. The second-order valence-corrected chi connectivity index (χ2v) is 4.96. The number of nitrogens with two attached hydrogens (primary N) is 1. The fraction of sp³-hybridized carbons (Fsp3) is 0.467. The number of carbonyl (C=O) groups excluding carboxylic acids is 2. The van der Waals surface area contributed by atoms with Crippen LogP contribution in [0.4, 0.5) is 5.69 Å². The zero-order valence-electron chi connectivity index (χ0n) is 12.6. The molecule has 0 spiro atoms. The smallest absolute Gasteiger partial charge is 0.310 e. The molecule has 0 aliphatic carbocycles. The lowest BCUT2D eigenvalue weighted by Crippen LogP contribution is -2.39. The Kier molecular flexibility index (Phi) is 6.52. The van der Waals surface area contributed by atoms with Crippen LogP contribution in [-0.2, 0) is 14.3 Å². The van der Waals surface area contributed by atoms with Crippen LogP contribution >= 0.6 is 0 Å². The molecular weight excluding hydrogens is 272 g/mol. The molecule has 1 atom stereocenters. The van der Waals surface area contributed by atoms with E-state index >= 15 is 0 Å². The number of anilines is 1. The van der Waals surface area contributed by atoms with Crippen LogP contribution < -0.4 is 15.8 Å². The first-order valence-electron chi connectivity index (χ1n) is 6.86. The maximum atomic E-state index is 11.6. The van der Waals surface area contributed by atoms with E-state index in [1.54, 1.807) is 24.3 Å². The minimum absolute atomic E-state index is 0.00695. The summed E-state index contributed by atoms with van der Waals surface area (Å²) in [7, 11) is 0. The Hall–Kier alpha value is -2.24. The number of hydrogen-bond acceptors (Lipinski definition) is 5. The number of nitrogen functional groups attached to an aromatic ring is 1. The van der Waals surface area contributed by atoms with E-state index in [-0.39, 0.29) is 25.0 Å². The van der Waals surface area contributed by atoms with E-state index in [1.807, 2.05) is 13.8 Å². The first kappa shape index (κ1) is 16.8. The van der Waals surface area contributed by atoms with E-state index < -0.39 is 12.1 Å². The molecule has 0 fully saturated rings. The Morgan fingerprint density at radius 3 is 2.38 bits per heavy atom. The van der Waals surface area contributed by atoms with E-state index in [1.165, 1.54) is 6.92 Å². The Bertz CT molecular complexity index is 471. The van der Waals surface area contributed by atoms with Gasteiger partial charge in [0.1, 0.15) is 5.75 Å². The Morgan fingerprint density at radius 2 is 1.81 bits per heavy atom. The van der Waals surface area contributed by atoms with Crippen LogP contribution in [0.1, 0.15) is 27.2 Å². The molecule has 6 nitrogen and oxygen atoms in total. The van der Waals surface area contributed by atoms with Crippen molar-refractivity contribution in [3.63, 3.8) is 0 Å². The third kappa shape index (κ3) is 6.65. The van der Waals surface area contributed by atoms with Crippen molar-refractivity contribution in [1.29, 1.82) is 0 Å². The Morgan fingerprint density at radius 1 is 1.19 bits per heavy atom. The minimum atomic E-state index is -0.809. The summed E-state index contributed by atoms with van der Waals surface area (Å²) in [5.41, 5.74) is 6.20. The highest BCUT2D eigenvalue weighted by Crippen LogP contribution is 2.13. The summed E-state index contributed by atoms with van der Waals surface area (Å²) in [6, 6.07) is 6.88. The van der Waals surface area contributed by atoms with Crippen molar-refractivity contribution in [2.45, 2.75) is 39.3 Å². The zero-order chi connectivity index (χ0) is 15.8. The highest BCUT2D eigenvalue weighted by atomic mass is 16.5. The summed E-state index contributed by atoms with van der Waals surface area (Å²) in [6.07, 6.45) is -0.736. The summed E-state index contributed by atoms with van der Waals surface area (Å²) < 4.78 is 10.4. The van der Waals surface area contributed by atoms with Crippen LogP contribution in [0.15, 0.2) is 24.3 Å². The van der Waals surface area contributed by atoms with E-state index in [9.17, 15) is 9.59 Å². The summed E-state index contributed by atoms with van der Waals surface area (Å²) in [5, 5.41) is 2.68. The van der Waals surface area contributed by atoms with Crippen molar-refractivity contribution in [2.24, 2.45) is 0 Å². The number of amides is 1. The van der Waals surface area contributed by atoms with Gasteiger partial charge in [0.2, 0.25) is 0 Å². The van der Waals surface area contributed by atoms with Crippen molar-refractivity contribution < 1.29 is 19.1 Å². The molecule has 0 bridgehead atoms. The monoisotopic (exact) mass is 294 g/mol. The van der Waals surface area contributed by atoms with Gasteiger partial charge in [0.25, 0.3) is 5.91 Å². The predicted molar refractivity (Wildman–Crippen MR) is 79.8 cm³/mol. The van der Waals surface area contributed by atoms with Crippen LogP contribution in [0.3, 0.4) is 0 Å². The molecule has 1 aromatic carbocycles. The molecule has 1 amide bonds. The largest absolute Gasteiger partial charge is 0.493 e. The van der Waals surface area contributed by atoms with Crippen LogP contribution in [0, 0.1) is 0 Å². The fourth-order valence-electron chi connectivity index (χ4n) is 1.53. The van der Waals surface area contributed by atoms with Gasteiger partial charge in [-0.15, -0.1) is 0 Å². The lowest BCUT2D eigenvalue weighted by atomic mass is 10.3. The number of carbonyl (C=O) groups is 2. The van der Waals surface area contributed by atoms with E-state index in [4.69, 9.17) is 15.2 Å². The Balaban J connectivity index is 2.27. The average molecular weight is 294 g/mol. The van der Waals surface area contributed by atoms with Crippen molar-refractivity contribution >= 4 is 17.6 Å². The van der Waals surface area contributed by atoms with Gasteiger partial charge in [-0.25, -0.2) is 0 Å². The van der Waals surface area contributed by atoms with Crippen molar-refractivity contribution in [1.82, 2.24) is 5.32 Å². The summed E-state index contributed by atoms with van der Waals surface area (Å²) in [6.45, 7) is 5.40. The molecule has 6 heteroatoms. The molecule has 1 aromatic rings. The highest BCUT2D eigenvalue weighted by molar-refractivity contribution is 5.83. The zero-order valence-corrected chi connectivity index (χ0v) is 12.6. The summed E-state index contributed by atoms with van der Waals surface area (Å²) in [5.74, 6) is -0.155. The maximum absolute atomic E-state index is 11.6. The van der Waals surface area contributed by atoms with E-state index in [2.05, 4.69) is 5.32 Å². The third-order valence-electron chi connectivity index (χ3n) is 2.56. The molecule has 116 valence electrons. The normalized spacial score (nSPS) is 11.8. The first-order valence-corrected chi connectivity index (χ1v) is 6.86. The molecule has 21 heavy (non-hydrogen) atoms. The number of rotatable bonds is 7. The standard InChI is InChI=1S/C15H22N2O4/c1-10(2)17-15(19)11(3)21-14(18)8-9-20-13-6-4-12(16)5-7-13/h4-7,10-11H,8-9,16H2,1-3H3,(H,17,19). The molecule has 0 aliphatic rings. The van der Waals surface area contributed by atoms with Gasteiger partial charge in [0, 0.05) is 11.7 Å². The molecule has 0 radical (unpaired) electrons. The van der Waals surface area contributed by atoms with Gasteiger partial charge >= 0.3 is 5.97 Å². The van der Waals surface area contributed by atoms with Gasteiger partial charge in [0.15, 0.2) is 6.10 Å². The van der Waals surface area contributed by atoms with Gasteiger partial charge in [-0.3, -0.25) is 9.59 Å². The third-order valence-corrected chi connectivity index (χ3v) is 2.56. The average Bonchev–Trinajstić information content (AvgIpc) is 2.40. The lowest BCUT2D eigenvalue weighted by molar-refractivity contribution is -0.155. The number of hydrogen-bond donors (Lipinski definition) is 2. The van der Waals surface area contributed by atoms with Crippen LogP contribution in [0.2, 0.25) is 0 Å². The highest BCUT2D eigenvalue weighted by Gasteiger charge is 2.18. The summed E-state index contributed by atoms with van der Waals surface area (Å²) >= 11 is 0. The van der Waals surface area contributed by atoms with Gasteiger partial charge in [-0.2, -0.15) is 0 Å². The number of nitrogens with one attached hydrogen (secondary N) is 1. The molecule has 1 rings (SSSR count). The second-order valence-electron chi connectivity index (χ2n) is 4.96. The second kappa shape index (κ2) is 8.14. The van der Waals surface area contributed by atoms with Crippen molar-refractivity contribution in [3.05, 3.63) is 24.3 Å². The number of esters is 1. The van der Waals surface area contributed by atoms with Gasteiger partial charge in [-0.1, -0.05) is 0 Å². The molecule has 1 unspecified atom stereocenters. The molecule has 0 heterocycles. The van der Waals surface area contributed by atoms with Gasteiger partial charge in [0.05, 0.1) is 13.0 Å². The van der Waals surface area contributed by atoms with Crippen LogP contribution in [-0.4, -0.2) is 30.6 Å². The van der Waals surface area contributed by atoms with Crippen molar-refractivity contribution in [2.75, 3.05) is 12.3 Å². The lowest BCUT2D eigenvalue weighted by Gasteiger charge is -2.15. The van der Waals surface area contributed by atoms with Crippen LogP contribution in [0.5, 0.6) is 5.75 Å². The van der Waals surface area contributed by atoms with Gasteiger partial charge in [-0.05, 0) is 45.0 Å². The molecule has 0 aliphatic heterocycles. The minimum Gasteiger partial charge on any atom is -0.493 e.